The van der Waals surface area contributed by atoms with Crippen molar-refractivity contribution in [1.29, 1.82) is 0 Å². The molecule has 2 unspecified atom stereocenters. The fourth-order valence-electron chi connectivity index (χ4n) is 5.88. The van der Waals surface area contributed by atoms with E-state index in [1.54, 1.807) is 0 Å². The van der Waals surface area contributed by atoms with E-state index in [9.17, 15) is 0 Å². The van der Waals surface area contributed by atoms with Crippen molar-refractivity contribution in [3.8, 4) is 0 Å². The Morgan fingerprint density at radius 2 is 1.22 bits per heavy atom. The standard InChI is InChI=1S/2C9H7.2C3H5.C2H4.Zr/c2*1-2-5-9-7-3-6-8(9)4-1;2*1-3-2;1-2;/h2*1-7H;2*3H,1-2H2;1H,2H3;. The fraction of sp³-hybridized carbons (Fsp3) is 0.192. The summed E-state index contributed by atoms with van der Waals surface area (Å²) in [4.78, 5) is 0. The summed E-state index contributed by atoms with van der Waals surface area (Å²) in [6.45, 7) is 10.8. The summed E-state index contributed by atoms with van der Waals surface area (Å²) < 4.78 is 5.86. The molecular weight excluding hydrogens is 404 g/mol. The van der Waals surface area contributed by atoms with Gasteiger partial charge in [-0.25, -0.2) is 0 Å². The van der Waals surface area contributed by atoms with Gasteiger partial charge in [-0.15, -0.1) is 0 Å². The van der Waals surface area contributed by atoms with Crippen LogP contribution < -0.4 is 0 Å². The molecule has 27 heavy (non-hydrogen) atoms. The monoisotopic (exact) mass is 430 g/mol. The summed E-state index contributed by atoms with van der Waals surface area (Å²) in [5.41, 5.74) is 5.77. The van der Waals surface area contributed by atoms with Gasteiger partial charge in [-0.3, -0.25) is 0 Å². The summed E-state index contributed by atoms with van der Waals surface area (Å²) in [5.74, 6) is 0. The number of fused-ring (bicyclic) bond motifs is 2. The number of hydrogen-bond acceptors (Lipinski definition) is 0. The van der Waals surface area contributed by atoms with E-state index in [0.29, 0.717) is 7.25 Å². The van der Waals surface area contributed by atoms with Gasteiger partial charge in [0, 0.05) is 0 Å². The molecule has 2 aromatic carbocycles. The predicted molar refractivity (Wildman–Crippen MR) is 118 cm³/mol. The summed E-state index contributed by atoms with van der Waals surface area (Å²) >= 11 is -3.68. The molecule has 0 fully saturated rings. The van der Waals surface area contributed by atoms with Crippen molar-refractivity contribution < 1.29 is 18.3 Å². The molecule has 1 heteroatoms. The molecule has 0 heterocycles. The van der Waals surface area contributed by atoms with Crippen LogP contribution in [-0.4, -0.2) is 3.71 Å². The van der Waals surface area contributed by atoms with Gasteiger partial charge in [0.2, 0.25) is 0 Å². The van der Waals surface area contributed by atoms with Gasteiger partial charge in [-0.1, -0.05) is 0 Å². The zero-order valence-corrected chi connectivity index (χ0v) is 18.6. The molecule has 0 N–H and O–H groups in total. The third kappa shape index (κ3) is 2.55. The van der Waals surface area contributed by atoms with Crippen LogP contribution in [0.15, 0.2) is 86.0 Å². The van der Waals surface area contributed by atoms with E-state index in [0.717, 1.165) is 8.26 Å². The average Bonchev–Trinajstić information content (AvgIpc) is 3.33. The van der Waals surface area contributed by atoms with E-state index >= 15 is 0 Å². The van der Waals surface area contributed by atoms with Gasteiger partial charge in [-0.2, -0.15) is 0 Å². The Morgan fingerprint density at radius 3 is 1.63 bits per heavy atom. The van der Waals surface area contributed by atoms with E-state index < -0.39 is 18.3 Å². The Balaban J connectivity index is 2.04. The molecule has 0 aromatic heterocycles. The number of allylic oxidation sites excluding steroid dienone is 4. The van der Waals surface area contributed by atoms with Gasteiger partial charge in [0.15, 0.2) is 0 Å². The molecule has 0 bridgehead atoms. The van der Waals surface area contributed by atoms with Crippen LogP contribution in [0.3, 0.4) is 0 Å². The van der Waals surface area contributed by atoms with Gasteiger partial charge in [0.05, 0.1) is 0 Å². The molecule has 0 spiro atoms. The average molecular weight is 432 g/mol. The zero-order chi connectivity index (χ0) is 18.9. The third-order valence-electron chi connectivity index (χ3n) is 7.22. The molecule has 0 aliphatic heterocycles. The second kappa shape index (κ2) is 6.95. The van der Waals surface area contributed by atoms with Crippen molar-refractivity contribution >= 4 is 15.9 Å². The van der Waals surface area contributed by atoms with Crippen LogP contribution in [0.4, 0.5) is 0 Å². The minimum atomic E-state index is -3.68. The Kier molecular flexibility index (Phi) is 4.77. The second-order valence-corrected chi connectivity index (χ2v) is 24.4. The van der Waals surface area contributed by atoms with Crippen molar-refractivity contribution in [3.63, 3.8) is 0 Å². The Bertz CT molecular complexity index is 950. The molecule has 0 nitrogen and oxygen atoms in total. The first-order valence-electron chi connectivity index (χ1n) is 9.93. The topological polar surface area (TPSA) is 0 Å². The summed E-state index contributed by atoms with van der Waals surface area (Å²) in [6.07, 6.45) is 14.1. The summed E-state index contributed by atoms with van der Waals surface area (Å²) in [5, 5.41) is 0. The maximum absolute atomic E-state index is 4.23. The summed E-state index contributed by atoms with van der Waals surface area (Å²) in [7, 11) is 0. The van der Waals surface area contributed by atoms with Crippen molar-refractivity contribution in [3.05, 3.63) is 108 Å². The van der Waals surface area contributed by atoms with Crippen molar-refractivity contribution in [2.75, 3.05) is 0 Å². The van der Waals surface area contributed by atoms with Crippen molar-refractivity contribution in [2.45, 2.75) is 22.4 Å². The number of hydrogen-bond donors (Lipinski definition) is 0. The minimum absolute atomic E-state index is 0.490. The Morgan fingerprint density at radius 1 is 0.778 bits per heavy atom. The SMILES string of the molecule is C=C[CH2][Zr](=[CH]C)([CH2]C=C)([CH]1C=Cc2ccccc21)[CH]1C=Cc2ccccc21. The molecule has 2 aromatic rings. The van der Waals surface area contributed by atoms with Gasteiger partial charge in [-0.05, 0) is 0 Å². The molecule has 0 saturated heterocycles. The van der Waals surface area contributed by atoms with Crippen LogP contribution in [0.1, 0.15) is 36.4 Å². The quantitative estimate of drug-likeness (QED) is 0.423. The van der Waals surface area contributed by atoms with E-state index in [2.05, 4.69) is 109 Å². The van der Waals surface area contributed by atoms with E-state index in [1.807, 2.05) is 0 Å². The van der Waals surface area contributed by atoms with E-state index in [4.69, 9.17) is 0 Å². The predicted octanol–water partition coefficient (Wildman–Crippen LogP) is 7.24. The van der Waals surface area contributed by atoms with Crippen molar-refractivity contribution in [2.24, 2.45) is 0 Å². The van der Waals surface area contributed by atoms with Crippen LogP contribution in [0.2, 0.25) is 8.26 Å². The third-order valence-corrected chi connectivity index (χ3v) is 27.5. The number of benzene rings is 2. The van der Waals surface area contributed by atoms with Gasteiger partial charge in [0.1, 0.15) is 0 Å². The van der Waals surface area contributed by atoms with E-state index in [1.165, 1.54) is 22.3 Å². The Hall–Kier alpha value is -1.85. The molecule has 2 aliphatic rings. The Labute approximate surface area is 164 Å². The molecule has 2 atom stereocenters. The molecule has 0 saturated carbocycles. The van der Waals surface area contributed by atoms with Crippen LogP contribution in [0.25, 0.3) is 12.2 Å². The van der Waals surface area contributed by atoms with Crippen LogP contribution in [-0.2, 0) is 18.3 Å². The van der Waals surface area contributed by atoms with Crippen molar-refractivity contribution in [1.82, 2.24) is 0 Å². The zero-order valence-electron chi connectivity index (χ0n) is 16.1. The van der Waals surface area contributed by atoms with Crippen LogP contribution in [0, 0.1) is 0 Å². The van der Waals surface area contributed by atoms with E-state index in [-0.39, 0.29) is 0 Å². The molecule has 0 amide bonds. The molecule has 136 valence electrons. The van der Waals surface area contributed by atoms with Gasteiger partial charge >= 0.3 is 165 Å². The first-order valence-corrected chi connectivity index (χ1v) is 17.7. The first-order chi connectivity index (χ1) is 13.2. The van der Waals surface area contributed by atoms with Crippen LogP contribution >= 0.6 is 0 Å². The first kappa shape index (κ1) is 18.5. The van der Waals surface area contributed by atoms with Crippen LogP contribution in [0.5, 0.6) is 0 Å². The normalized spacial score (nSPS) is 20.2. The number of rotatable bonds is 6. The molecule has 4 rings (SSSR count). The molecule has 2 aliphatic carbocycles. The molecular formula is C26H28Zr. The van der Waals surface area contributed by atoms with Gasteiger partial charge in [0.25, 0.3) is 0 Å². The second-order valence-electron chi connectivity index (χ2n) is 8.18. The maximum atomic E-state index is 4.23. The fourth-order valence-corrected chi connectivity index (χ4v) is 24.2. The summed E-state index contributed by atoms with van der Waals surface area (Å²) in [6, 6.07) is 17.9. The van der Waals surface area contributed by atoms with Gasteiger partial charge < -0.3 is 0 Å². The molecule has 0 radical (unpaired) electrons.